The molecule has 3 nitrogen and oxygen atoms in total. The molecule has 2 aromatic heterocycles. The first-order valence-corrected chi connectivity index (χ1v) is 6.66. The van der Waals surface area contributed by atoms with Crippen LogP contribution in [-0.2, 0) is 6.42 Å². The predicted molar refractivity (Wildman–Crippen MR) is 73.6 cm³/mol. The highest BCUT2D eigenvalue weighted by molar-refractivity contribution is 7.13. The van der Waals surface area contributed by atoms with E-state index in [4.69, 9.17) is 5.11 Å². The minimum atomic E-state index is 0.133. The predicted octanol–water partition coefficient (Wildman–Crippen LogP) is 2.89. The molecule has 0 radical (unpaired) electrons. The fourth-order valence-electron chi connectivity index (χ4n) is 1.84. The minimum Gasteiger partial charge on any atom is -0.396 e. The molecular weight excluding hydrogens is 244 g/mol. The molecule has 0 atom stereocenters. The third-order valence-corrected chi connectivity index (χ3v) is 3.65. The standard InChI is InChI=1S/C14H12N2OS/c17-8-7-11-9-18-14(15-11)13-6-5-10-3-1-2-4-12(10)16-13/h1-6,9,17H,7-8H2. The summed E-state index contributed by atoms with van der Waals surface area (Å²) >= 11 is 1.57. The summed E-state index contributed by atoms with van der Waals surface area (Å²) in [5.41, 5.74) is 2.80. The fourth-order valence-corrected chi connectivity index (χ4v) is 2.66. The minimum absolute atomic E-state index is 0.133. The van der Waals surface area contributed by atoms with Crippen molar-refractivity contribution >= 4 is 22.2 Å². The Morgan fingerprint density at radius 1 is 1.06 bits per heavy atom. The van der Waals surface area contributed by atoms with E-state index in [-0.39, 0.29) is 6.61 Å². The number of nitrogens with zero attached hydrogens (tertiary/aromatic N) is 2. The van der Waals surface area contributed by atoms with E-state index < -0.39 is 0 Å². The Morgan fingerprint density at radius 2 is 1.94 bits per heavy atom. The van der Waals surface area contributed by atoms with Crippen LogP contribution in [0.4, 0.5) is 0 Å². The Morgan fingerprint density at radius 3 is 2.83 bits per heavy atom. The van der Waals surface area contributed by atoms with Crippen molar-refractivity contribution in [3.8, 4) is 10.7 Å². The molecule has 1 aromatic carbocycles. The maximum atomic E-state index is 8.89. The van der Waals surface area contributed by atoms with Crippen molar-refractivity contribution in [1.29, 1.82) is 0 Å². The lowest BCUT2D eigenvalue weighted by Crippen LogP contribution is -1.91. The molecule has 90 valence electrons. The SMILES string of the molecule is OCCc1csc(-c2ccc3ccccc3n2)n1. The summed E-state index contributed by atoms with van der Waals surface area (Å²) in [4.78, 5) is 9.08. The van der Waals surface area contributed by atoms with Gasteiger partial charge in [-0.15, -0.1) is 11.3 Å². The number of aliphatic hydroxyl groups excluding tert-OH is 1. The maximum Gasteiger partial charge on any atom is 0.142 e. The first-order chi connectivity index (χ1) is 8.86. The van der Waals surface area contributed by atoms with Crippen molar-refractivity contribution in [1.82, 2.24) is 9.97 Å². The van der Waals surface area contributed by atoms with Crippen molar-refractivity contribution in [2.24, 2.45) is 0 Å². The zero-order valence-corrected chi connectivity index (χ0v) is 10.5. The van der Waals surface area contributed by atoms with Crippen LogP contribution in [0.2, 0.25) is 0 Å². The fraction of sp³-hybridized carbons (Fsp3) is 0.143. The largest absolute Gasteiger partial charge is 0.396 e. The van der Waals surface area contributed by atoms with Crippen molar-refractivity contribution in [3.63, 3.8) is 0 Å². The molecule has 0 amide bonds. The first kappa shape index (κ1) is 11.3. The Labute approximate surface area is 109 Å². The average Bonchev–Trinajstić information content (AvgIpc) is 2.87. The first-order valence-electron chi connectivity index (χ1n) is 5.78. The lowest BCUT2D eigenvalue weighted by molar-refractivity contribution is 0.298. The summed E-state index contributed by atoms with van der Waals surface area (Å²) in [7, 11) is 0. The molecule has 0 bridgehead atoms. The number of hydrogen-bond acceptors (Lipinski definition) is 4. The molecule has 0 unspecified atom stereocenters. The summed E-state index contributed by atoms with van der Waals surface area (Å²) in [6, 6.07) is 12.1. The van der Waals surface area contributed by atoms with E-state index in [0.717, 1.165) is 27.3 Å². The van der Waals surface area contributed by atoms with Gasteiger partial charge in [-0.05, 0) is 12.1 Å². The van der Waals surface area contributed by atoms with Crippen molar-refractivity contribution < 1.29 is 5.11 Å². The van der Waals surface area contributed by atoms with Gasteiger partial charge in [-0.3, -0.25) is 0 Å². The molecule has 3 aromatic rings. The van der Waals surface area contributed by atoms with Crippen LogP contribution >= 0.6 is 11.3 Å². The van der Waals surface area contributed by atoms with Crippen LogP contribution in [0.15, 0.2) is 41.8 Å². The number of rotatable bonds is 3. The van der Waals surface area contributed by atoms with Gasteiger partial charge in [-0.25, -0.2) is 9.97 Å². The second kappa shape index (κ2) is 4.84. The molecule has 0 aliphatic heterocycles. The second-order valence-electron chi connectivity index (χ2n) is 4.01. The number of benzene rings is 1. The van der Waals surface area contributed by atoms with Gasteiger partial charge in [-0.1, -0.05) is 24.3 Å². The van der Waals surface area contributed by atoms with Gasteiger partial charge in [0, 0.05) is 23.8 Å². The topological polar surface area (TPSA) is 46.0 Å². The van der Waals surface area contributed by atoms with Crippen LogP contribution in [0.25, 0.3) is 21.6 Å². The third kappa shape index (κ3) is 2.12. The average molecular weight is 256 g/mol. The van der Waals surface area contributed by atoms with Crippen LogP contribution in [0.5, 0.6) is 0 Å². The monoisotopic (exact) mass is 256 g/mol. The molecule has 3 rings (SSSR count). The van der Waals surface area contributed by atoms with Gasteiger partial charge in [0.2, 0.25) is 0 Å². The van der Waals surface area contributed by atoms with Crippen LogP contribution in [0, 0.1) is 0 Å². The van der Waals surface area contributed by atoms with Gasteiger partial charge >= 0.3 is 0 Å². The number of fused-ring (bicyclic) bond motifs is 1. The Bertz CT molecular complexity index is 678. The Hall–Kier alpha value is -1.78. The summed E-state index contributed by atoms with van der Waals surface area (Å²) in [6.45, 7) is 0.133. The van der Waals surface area contributed by atoms with E-state index in [1.54, 1.807) is 11.3 Å². The van der Waals surface area contributed by atoms with E-state index in [1.807, 2.05) is 35.7 Å². The molecule has 0 fully saturated rings. The number of para-hydroxylation sites is 1. The molecule has 2 heterocycles. The summed E-state index contributed by atoms with van der Waals surface area (Å²) < 4.78 is 0. The van der Waals surface area contributed by atoms with E-state index >= 15 is 0 Å². The number of aromatic nitrogens is 2. The zero-order chi connectivity index (χ0) is 12.4. The second-order valence-corrected chi connectivity index (χ2v) is 4.86. The molecule has 0 spiro atoms. The van der Waals surface area contributed by atoms with Crippen LogP contribution in [0.3, 0.4) is 0 Å². The lowest BCUT2D eigenvalue weighted by atomic mass is 10.2. The van der Waals surface area contributed by atoms with E-state index in [2.05, 4.69) is 16.0 Å². The number of hydrogen-bond donors (Lipinski definition) is 1. The summed E-state index contributed by atoms with van der Waals surface area (Å²) in [5, 5.41) is 12.9. The maximum absolute atomic E-state index is 8.89. The van der Waals surface area contributed by atoms with Gasteiger partial charge in [0.15, 0.2) is 0 Å². The van der Waals surface area contributed by atoms with Crippen LogP contribution in [0.1, 0.15) is 5.69 Å². The molecule has 0 aliphatic rings. The highest BCUT2D eigenvalue weighted by Crippen LogP contribution is 2.24. The highest BCUT2D eigenvalue weighted by Gasteiger charge is 2.06. The molecule has 0 saturated carbocycles. The van der Waals surface area contributed by atoms with Crippen molar-refractivity contribution in [2.45, 2.75) is 6.42 Å². The highest BCUT2D eigenvalue weighted by atomic mass is 32.1. The van der Waals surface area contributed by atoms with Gasteiger partial charge in [0.25, 0.3) is 0 Å². The van der Waals surface area contributed by atoms with E-state index in [0.29, 0.717) is 6.42 Å². The van der Waals surface area contributed by atoms with Crippen LogP contribution < -0.4 is 0 Å². The van der Waals surface area contributed by atoms with Gasteiger partial charge in [-0.2, -0.15) is 0 Å². The molecule has 1 N–H and O–H groups in total. The van der Waals surface area contributed by atoms with E-state index in [1.165, 1.54) is 0 Å². The van der Waals surface area contributed by atoms with Gasteiger partial charge in [0.1, 0.15) is 5.01 Å². The molecular formula is C14H12N2OS. The Kier molecular flexibility index (Phi) is 3.04. The number of aliphatic hydroxyl groups is 1. The van der Waals surface area contributed by atoms with Crippen molar-refractivity contribution in [2.75, 3.05) is 6.61 Å². The van der Waals surface area contributed by atoms with Gasteiger partial charge in [0.05, 0.1) is 16.9 Å². The zero-order valence-electron chi connectivity index (χ0n) is 9.71. The lowest BCUT2D eigenvalue weighted by Gasteiger charge is -1.99. The molecule has 0 aliphatic carbocycles. The summed E-state index contributed by atoms with van der Waals surface area (Å²) in [6.07, 6.45) is 0.601. The van der Waals surface area contributed by atoms with E-state index in [9.17, 15) is 0 Å². The molecule has 0 saturated heterocycles. The number of thiazole rings is 1. The smallest absolute Gasteiger partial charge is 0.142 e. The number of pyridine rings is 1. The molecule has 18 heavy (non-hydrogen) atoms. The quantitative estimate of drug-likeness (QED) is 0.783. The third-order valence-electron chi connectivity index (χ3n) is 2.74. The Balaban J connectivity index is 2.02. The normalized spacial score (nSPS) is 10.9. The summed E-state index contributed by atoms with van der Waals surface area (Å²) in [5.74, 6) is 0. The van der Waals surface area contributed by atoms with Gasteiger partial charge < -0.3 is 5.11 Å². The van der Waals surface area contributed by atoms with Crippen molar-refractivity contribution in [3.05, 3.63) is 47.5 Å². The molecule has 4 heteroatoms. The van der Waals surface area contributed by atoms with Crippen LogP contribution in [-0.4, -0.2) is 21.7 Å².